The Bertz CT molecular complexity index is 433. The van der Waals surface area contributed by atoms with Gasteiger partial charge in [0.05, 0.1) is 0 Å². The van der Waals surface area contributed by atoms with E-state index in [1.54, 1.807) is 0 Å². The lowest BCUT2D eigenvalue weighted by molar-refractivity contribution is 0.253. The largest absolute Gasteiger partial charge is 0.382 e. The quantitative estimate of drug-likeness (QED) is 0.849. The molecule has 1 aromatic rings. The van der Waals surface area contributed by atoms with Crippen LogP contribution in [0.15, 0.2) is 24.3 Å². The Morgan fingerprint density at radius 3 is 2.33 bits per heavy atom. The third kappa shape index (κ3) is 3.53. The van der Waals surface area contributed by atoms with Gasteiger partial charge < -0.3 is 10.2 Å². The second-order valence-corrected chi connectivity index (χ2v) is 7.11. The number of benzene rings is 1. The zero-order valence-corrected chi connectivity index (χ0v) is 13.6. The molecule has 116 valence electrons. The molecule has 0 spiro atoms. The van der Waals surface area contributed by atoms with Crippen LogP contribution in [-0.2, 0) is 0 Å². The molecule has 3 unspecified atom stereocenters. The van der Waals surface area contributed by atoms with Crippen molar-refractivity contribution < 1.29 is 0 Å². The van der Waals surface area contributed by atoms with Crippen molar-refractivity contribution in [3.63, 3.8) is 0 Å². The van der Waals surface area contributed by atoms with Crippen LogP contribution in [0.2, 0.25) is 0 Å². The van der Waals surface area contributed by atoms with Crippen LogP contribution in [0.4, 0.5) is 11.4 Å². The van der Waals surface area contributed by atoms with E-state index in [-0.39, 0.29) is 0 Å². The summed E-state index contributed by atoms with van der Waals surface area (Å²) in [5.41, 5.74) is 2.69. The van der Waals surface area contributed by atoms with Gasteiger partial charge in [-0.3, -0.25) is 0 Å². The van der Waals surface area contributed by atoms with E-state index >= 15 is 0 Å². The van der Waals surface area contributed by atoms with E-state index in [4.69, 9.17) is 0 Å². The van der Waals surface area contributed by atoms with Gasteiger partial charge in [0.25, 0.3) is 0 Å². The second-order valence-electron chi connectivity index (χ2n) is 7.11. The lowest BCUT2D eigenvalue weighted by atomic mass is 9.78. The van der Waals surface area contributed by atoms with Crippen molar-refractivity contribution in [3.05, 3.63) is 24.3 Å². The van der Waals surface area contributed by atoms with Crippen molar-refractivity contribution in [3.8, 4) is 0 Å². The highest BCUT2D eigenvalue weighted by molar-refractivity contribution is 5.55. The molecule has 1 aliphatic carbocycles. The van der Waals surface area contributed by atoms with Gasteiger partial charge in [0.2, 0.25) is 0 Å². The SMILES string of the molecule is CC1CCCC(Nc2ccc(N3CCCCC3)cc2)C1C. The molecule has 2 aliphatic rings. The summed E-state index contributed by atoms with van der Waals surface area (Å²) in [5, 5.41) is 3.77. The van der Waals surface area contributed by atoms with E-state index in [1.165, 1.54) is 63.0 Å². The fourth-order valence-electron chi connectivity index (χ4n) is 3.92. The van der Waals surface area contributed by atoms with Crippen LogP contribution >= 0.6 is 0 Å². The number of rotatable bonds is 3. The van der Waals surface area contributed by atoms with Gasteiger partial charge in [-0.2, -0.15) is 0 Å². The van der Waals surface area contributed by atoms with Crippen molar-refractivity contribution >= 4 is 11.4 Å². The van der Waals surface area contributed by atoms with Crippen molar-refractivity contribution in [2.75, 3.05) is 23.3 Å². The minimum absolute atomic E-state index is 0.648. The number of hydrogen-bond donors (Lipinski definition) is 1. The summed E-state index contributed by atoms with van der Waals surface area (Å²) >= 11 is 0. The molecule has 1 aliphatic heterocycles. The molecule has 1 saturated heterocycles. The highest BCUT2D eigenvalue weighted by Gasteiger charge is 2.26. The van der Waals surface area contributed by atoms with Gasteiger partial charge in [-0.25, -0.2) is 0 Å². The molecule has 0 bridgehead atoms. The smallest absolute Gasteiger partial charge is 0.0367 e. The first-order valence-electron chi connectivity index (χ1n) is 8.85. The number of piperidine rings is 1. The van der Waals surface area contributed by atoms with E-state index in [9.17, 15) is 0 Å². The lowest BCUT2D eigenvalue weighted by Gasteiger charge is -2.35. The molecule has 3 rings (SSSR count). The Morgan fingerprint density at radius 1 is 0.905 bits per heavy atom. The van der Waals surface area contributed by atoms with Gasteiger partial charge in [0.15, 0.2) is 0 Å². The molecule has 2 nitrogen and oxygen atoms in total. The Balaban J connectivity index is 1.61. The van der Waals surface area contributed by atoms with Crippen LogP contribution in [0, 0.1) is 11.8 Å². The van der Waals surface area contributed by atoms with Crippen LogP contribution in [0.3, 0.4) is 0 Å². The van der Waals surface area contributed by atoms with Crippen LogP contribution < -0.4 is 10.2 Å². The summed E-state index contributed by atoms with van der Waals surface area (Å²) in [4.78, 5) is 2.53. The number of nitrogens with zero attached hydrogens (tertiary/aromatic N) is 1. The second kappa shape index (κ2) is 6.72. The first-order valence-corrected chi connectivity index (χ1v) is 8.85. The fourth-order valence-corrected chi connectivity index (χ4v) is 3.92. The summed E-state index contributed by atoms with van der Waals surface area (Å²) < 4.78 is 0. The van der Waals surface area contributed by atoms with E-state index in [0.29, 0.717) is 6.04 Å². The topological polar surface area (TPSA) is 15.3 Å². The monoisotopic (exact) mass is 286 g/mol. The minimum atomic E-state index is 0.648. The van der Waals surface area contributed by atoms with Gasteiger partial charge in [0.1, 0.15) is 0 Å². The summed E-state index contributed by atoms with van der Waals surface area (Å²) in [6.45, 7) is 7.26. The van der Waals surface area contributed by atoms with Gasteiger partial charge in [-0.05, 0) is 61.8 Å². The Labute approximate surface area is 129 Å². The van der Waals surface area contributed by atoms with Crippen LogP contribution in [0.25, 0.3) is 0 Å². The number of anilines is 2. The van der Waals surface area contributed by atoms with E-state index in [1.807, 2.05) is 0 Å². The third-order valence-electron chi connectivity index (χ3n) is 5.65. The first-order chi connectivity index (χ1) is 10.2. The predicted octanol–water partition coefficient (Wildman–Crippen LogP) is 4.91. The first kappa shape index (κ1) is 14.7. The van der Waals surface area contributed by atoms with Crippen LogP contribution in [0.1, 0.15) is 52.4 Å². The molecule has 0 radical (unpaired) electrons. The van der Waals surface area contributed by atoms with Crippen molar-refractivity contribution in [2.24, 2.45) is 11.8 Å². The predicted molar refractivity (Wildman–Crippen MR) is 92.1 cm³/mol. The molecule has 0 aromatic heterocycles. The third-order valence-corrected chi connectivity index (χ3v) is 5.65. The molecular formula is C19H30N2. The molecule has 2 fully saturated rings. The molecule has 0 amide bonds. The fraction of sp³-hybridized carbons (Fsp3) is 0.684. The summed E-state index contributed by atoms with van der Waals surface area (Å²) in [7, 11) is 0. The molecule has 1 saturated carbocycles. The summed E-state index contributed by atoms with van der Waals surface area (Å²) in [6.07, 6.45) is 8.17. The van der Waals surface area contributed by atoms with Crippen LogP contribution in [-0.4, -0.2) is 19.1 Å². The number of hydrogen-bond acceptors (Lipinski definition) is 2. The molecule has 1 N–H and O–H groups in total. The number of nitrogens with one attached hydrogen (secondary N) is 1. The summed E-state index contributed by atoms with van der Waals surface area (Å²) in [6, 6.07) is 9.79. The summed E-state index contributed by atoms with van der Waals surface area (Å²) in [5.74, 6) is 1.63. The molecule has 3 atom stereocenters. The van der Waals surface area contributed by atoms with Crippen molar-refractivity contribution in [2.45, 2.75) is 58.4 Å². The average molecular weight is 286 g/mol. The zero-order chi connectivity index (χ0) is 14.7. The Hall–Kier alpha value is -1.18. The van der Waals surface area contributed by atoms with Crippen LogP contribution in [0.5, 0.6) is 0 Å². The zero-order valence-electron chi connectivity index (χ0n) is 13.6. The highest BCUT2D eigenvalue weighted by atomic mass is 15.1. The maximum Gasteiger partial charge on any atom is 0.0367 e. The molecule has 2 heteroatoms. The Kier molecular flexibility index (Phi) is 4.72. The maximum absolute atomic E-state index is 3.77. The maximum atomic E-state index is 3.77. The Morgan fingerprint density at radius 2 is 1.62 bits per heavy atom. The van der Waals surface area contributed by atoms with Crippen molar-refractivity contribution in [1.29, 1.82) is 0 Å². The normalized spacial score (nSPS) is 30.2. The van der Waals surface area contributed by atoms with Gasteiger partial charge in [-0.1, -0.05) is 26.7 Å². The molecule has 1 heterocycles. The van der Waals surface area contributed by atoms with E-state index in [0.717, 1.165) is 11.8 Å². The molecule has 21 heavy (non-hydrogen) atoms. The molecule has 1 aromatic carbocycles. The molecular weight excluding hydrogens is 256 g/mol. The highest BCUT2D eigenvalue weighted by Crippen LogP contribution is 2.32. The van der Waals surface area contributed by atoms with Gasteiger partial charge in [0, 0.05) is 30.5 Å². The standard InChI is InChI=1S/C19H30N2/c1-15-7-6-8-19(16(15)2)20-17-9-11-18(12-10-17)21-13-4-3-5-14-21/h9-12,15-16,19-20H,3-8,13-14H2,1-2H3. The van der Waals surface area contributed by atoms with E-state index in [2.05, 4.69) is 48.3 Å². The van der Waals surface area contributed by atoms with Gasteiger partial charge >= 0.3 is 0 Å². The van der Waals surface area contributed by atoms with Crippen molar-refractivity contribution in [1.82, 2.24) is 0 Å². The lowest BCUT2D eigenvalue weighted by Crippen LogP contribution is -2.35. The van der Waals surface area contributed by atoms with Gasteiger partial charge in [-0.15, -0.1) is 0 Å². The minimum Gasteiger partial charge on any atom is -0.382 e. The average Bonchev–Trinajstić information content (AvgIpc) is 2.53. The van der Waals surface area contributed by atoms with E-state index < -0.39 is 0 Å².